The Labute approximate surface area is 108 Å². The average Bonchev–Trinajstić information content (AvgIpc) is 2.29. The summed E-state index contributed by atoms with van der Waals surface area (Å²) in [6.45, 7) is 1.99. The first-order valence-corrected chi connectivity index (χ1v) is 5.99. The second-order valence-corrected chi connectivity index (χ2v) is 4.41. The van der Waals surface area contributed by atoms with Crippen LogP contribution < -0.4 is 4.74 Å². The van der Waals surface area contributed by atoms with Crippen LogP contribution in [0.5, 0.6) is 11.5 Å². The lowest BCUT2D eigenvalue weighted by atomic mass is 10.2. The Bertz CT molecular complexity index is 549. The fourth-order valence-electron chi connectivity index (χ4n) is 1.52. The summed E-state index contributed by atoms with van der Waals surface area (Å²) in [5.41, 5.74) is 1.64. The minimum absolute atomic E-state index is 0.180. The number of ether oxygens (including phenoxy) is 1. The lowest BCUT2D eigenvalue weighted by Crippen LogP contribution is -1.94. The van der Waals surface area contributed by atoms with Gasteiger partial charge in [-0.3, -0.25) is 4.79 Å². The third kappa shape index (κ3) is 2.94. The summed E-state index contributed by atoms with van der Waals surface area (Å²) in [6, 6.07) is 14.8. The van der Waals surface area contributed by atoms with E-state index in [1.54, 1.807) is 18.2 Å². The van der Waals surface area contributed by atoms with Crippen LogP contribution in [0.15, 0.2) is 48.5 Å². The smallest absolute Gasteiger partial charge is 0.231 e. The average molecular weight is 291 g/mol. The van der Waals surface area contributed by atoms with Crippen molar-refractivity contribution >= 4 is 20.6 Å². The van der Waals surface area contributed by atoms with Crippen LogP contribution in [0, 0.1) is 6.92 Å². The van der Waals surface area contributed by atoms with Gasteiger partial charge in [0.1, 0.15) is 11.5 Å². The highest BCUT2D eigenvalue weighted by molar-refractivity contribution is 9.18. The maximum atomic E-state index is 11.4. The zero-order valence-electron chi connectivity index (χ0n) is 9.31. The third-order valence-corrected chi connectivity index (χ3v) is 2.74. The molecule has 0 amide bonds. The van der Waals surface area contributed by atoms with E-state index in [9.17, 15) is 4.79 Å². The highest BCUT2D eigenvalue weighted by Crippen LogP contribution is 2.27. The monoisotopic (exact) mass is 290 g/mol. The molecule has 17 heavy (non-hydrogen) atoms. The van der Waals surface area contributed by atoms with E-state index in [0.29, 0.717) is 11.3 Å². The molecule has 0 radical (unpaired) electrons. The Morgan fingerprint density at radius 3 is 2.59 bits per heavy atom. The zero-order chi connectivity index (χ0) is 12.3. The van der Waals surface area contributed by atoms with Crippen LogP contribution >= 0.6 is 15.9 Å². The van der Waals surface area contributed by atoms with Crippen molar-refractivity contribution in [3.63, 3.8) is 0 Å². The van der Waals surface area contributed by atoms with E-state index in [0.717, 1.165) is 11.3 Å². The molecule has 0 aliphatic heterocycles. The molecule has 0 aliphatic rings. The van der Waals surface area contributed by atoms with E-state index < -0.39 is 0 Å². The van der Waals surface area contributed by atoms with Gasteiger partial charge in [-0.25, -0.2) is 0 Å². The predicted molar refractivity (Wildman–Crippen MR) is 71.0 cm³/mol. The van der Waals surface area contributed by atoms with E-state index in [2.05, 4.69) is 15.9 Å². The van der Waals surface area contributed by atoms with Gasteiger partial charge in [0.15, 0.2) is 0 Å². The van der Waals surface area contributed by atoms with Crippen molar-refractivity contribution in [2.45, 2.75) is 6.92 Å². The minimum Gasteiger partial charge on any atom is -0.457 e. The molecule has 0 aromatic heterocycles. The largest absolute Gasteiger partial charge is 0.457 e. The van der Waals surface area contributed by atoms with Gasteiger partial charge in [0.05, 0.1) is 5.56 Å². The molecular weight excluding hydrogens is 280 g/mol. The second kappa shape index (κ2) is 5.15. The summed E-state index contributed by atoms with van der Waals surface area (Å²) in [6.07, 6.45) is 0. The number of halogens is 1. The molecule has 0 heterocycles. The van der Waals surface area contributed by atoms with Crippen LogP contribution in [0.3, 0.4) is 0 Å². The Morgan fingerprint density at radius 2 is 1.88 bits per heavy atom. The minimum atomic E-state index is -0.180. The predicted octanol–water partition coefficient (Wildman–Crippen LogP) is 4.32. The number of aryl methyl sites for hydroxylation is 1. The van der Waals surface area contributed by atoms with Gasteiger partial charge in [-0.05, 0) is 52.7 Å². The summed E-state index contributed by atoms with van der Waals surface area (Å²) < 4.78 is 5.52. The van der Waals surface area contributed by atoms with Crippen molar-refractivity contribution in [1.82, 2.24) is 0 Å². The Balaban J connectivity index is 2.33. The van der Waals surface area contributed by atoms with Crippen LogP contribution in [-0.2, 0) is 0 Å². The van der Waals surface area contributed by atoms with Crippen molar-refractivity contribution in [2.24, 2.45) is 0 Å². The van der Waals surface area contributed by atoms with Gasteiger partial charge in [0, 0.05) is 0 Å². The van der Waals surface area contributed by atoms with Crippen molar-refractivity contribution < 1.29 is 9.53 Å². The van der Waals surface area contributed by atoms with Crippen LogP contribution in [0.4, 0.5) is 0 Å². The molecule has 2 nitrogen and oxygen atoms in total. The number of benzene rings is 2. The van der Waals surface area contributed by atoms with Gasteiger partial charge in [-0.2, -0.15) is 0 Å². The van der Waals surface area contributed by atoms with E-state index in [4.69, 9.17) is 4.74 Å². The fourth-order valence-corrected chi connectivity index (χ4v) is 1.85. The molecule has 0 spiro atoms. The summed E-state index contributed by atoms with van der Waals surface area (Å²) in [5, 5.41) is 0. The van der Waals surface area contributed by atoms with Crippen LogP contribution in [0.2, 0.25) is 0 Å². The topological polar surface area (TPSA) is 26.3 Å². The summed E-state index contributed by atoms with van der Waals surface area (Å²) in [7, 11) is 0. The Kier molecular flexibility index (Phi) is 3.59. The maximum absolute atomic E-state index is 11.4. The molecule has 0 N–H and O–H groups in total. The lowest BCUT2D eigenvalue weighted by Gasteiger charge is -2.08. The molecule has 2 aromatic carbocycles. The molecule has 0 unspecified atom stereocenters. The van der Waals surface area contributed by atoms with Gasteiger partial charge >= 0.3 is 0 Å². The molecule has 0 saturated heterocycles. The molecule has 0 saturated carbocycles. The summed E-state index contributed by atoms with van der Waals surface area (Å²) in [4.78, 5) is 11.4. The molecule has 0 fully saturated rings. The highest BCUT2D eigenvalue weighted by Gasteiger charge is 2.09. The van der Waals surface area contributed by atoms with Crippen molar-refractivity contribution in [2.75, 3.05) is 0 Å². The number of hydrogen-bond donors (Lipinski definition) is 0. The lowest BCUT2D eigenvalue weighted by molar-refractivity contribution is 0.109. The first-order chi connectivity index (χ1) is 8.16. The van der Waals surface area contributed by atoms with Crippen molar-refractivity contribution in [3.8, 4) is 11.5 Å². The van der Waals surface area contributed by atoms with Gasteiger partial charge in [-0.1, -0.05) is 24.3 Å². The highest BCUT2D eigenvalue weighted by atomic mass is 79.9. The summed E-state index contributed by atoms with van der Waals surface area (Å²) in [5.74, 6) is 1.28. The molecule has 2 aromatic rings. The number of carbonyl (C=O) groups excluding carboxylic acids is 1. The van der Waals surface area contributed by atoms with Gasteiger partial charge < -0.3 is 4.74 Å². The van der Waals surface area contributed by atoms with Crippen LogP contribution in [0.1, 0.15) is 15.9 Å². The van der Waals surface area contributed by atoms with E-state index >= 15 is 0 Å². The van der Waals surface area contributed by atoms with Crippen LogP contribution in [-0.4, -0.2) is 4.69 Å². The number of carbonyl (C=O) groups is 1. The standard InChI is InChI=1S/C14H11BrO2/c1-10-5-4-6-11(9-10)17-13-8-3-2-7-12(13)14(15)16/h2-9H,1H3. The van der Waals surface area contributed by atoms with E-state index in [1.807, 2.05) is 37.3 Å². The molecule has 0 bridgehead atoms. The number of para-hydroxylation sites is 1. The number of hydrogen-bond acceptors (Lipinski definition) is 2. The fraction of sp³-hybridized carbons (Fsp3) is 0.0714. The molecular formula is C14H11BrO2. The SMILES string of the molecule is Cc1cccc(Oc2ccccc2C(=O)Br)c1. The van der Waals surface area contributed by atoms with Crippen LogP contribution in [0.25, 0.3) is 0 Å². The molecule has 86 valence electrons. The maximum Gasteiger partial charge on any atom is 0.231 e. The van der Waals surface area contributed by atoms with Crippen molar-refractivity contribution in [3.05, 3.63) is 59.7 Å². The normalized spacial score (nSPS) is 10.0. The first-order valence-electron chi connectivity index (χ1n) is 5.20. The molecule has 0 atom stereocenters. The van der Waals surface area contributed by atoms with Gasteiger partial charge in [0.25, 0.3) is 0 Å². The van der Waals surface area contributed by atoms with E-state index in [-0.39, 0.29) is 4.69 Å². The zero-order valence-corrected chi connectivity index (χ0v) is 10.9. The molecule has 2 rings (SSSR count). The van der Waals surface area contributed by atoms with Crippen molar-refractivity contribution in [1.29, 1.82) is 0 Å². The second-order valence-electron chi connectivity index (χ2n) is 3.69. The Hall–Kier alpha value is -1.61. The third-order valence-electron chi connectivity index (χ3n) is 2.32. The summed E-state index contributed by atoms with van der Waals surface area (Å²) >= 11 is 2.94. The number of rotatable bonds is 3. The van der Waals surface area contributed by atoms with E-state index in [1.165, 1.54) is 0 Å². The first kappa shape index (κ1) is 11.9. The van der Waals surface area contributed by atoms with Gasteiger partial charge in [-0.15, -0.1) is 0 Å². The quantitative estimate of drug-likeness (QED) is 0.787. The Morgan fingerprint density at radius 1 is 1.12 bits per heavy atom. The molecule has 3 heteroatoms. The van der Waals surface area contributed by atoms with Gasteiger partial charge in [0.2, 0.25) is 4.69 Å². The molecule has 0 aliphatic carbocycles.